The summed E-state index contributed by atoms with van der Waals surface area (Å²) in [5.41, 5.74) is 5.94. The molecule has 0 bridgehead atoms. The van der Waals surface area contributed by atoms with Gasteiger partial charge in [-0.1, -0.05) is 52.0 Å². The van der Waals surface area contributed by atoms with Crippen molar-refractivity contribution in [3.05, 3.63) is 52.3 Å². The Bertz CT molecular complexity index is 832. The first kappa shape index (κ1) is 19.7. The van der Waals surface area contributed by atoms with E-state index in [0.717, 1.165) is 36.3 Å². The summed E-state index contributed by atoms with van der Waals surface area (Å²) in [7, 11) is 0. The molecule has 1 unspecified atom stereocenters. The molecule has 1 atom stereocenters. The second-order valence-corrected chi connectivity index (χ2v) is 9.03. The number of nitrogens with one attached hydrogen (secondary N) is 1. The van der Waals surface area contributed by atoms with Gasteiger partial charge in [-0.15, -0.1) is 0 Å². The average Bonchev–Trinajstić information content (AvgIpc) is 2.85. The standard InChI is InChI=1S/C23H33N3O/c1-15(2)14-26-17(4)19(16(3)25-26)13-22(27)24-21-11-12-23(5,6)20-10-8-7-9-18(20)21/h7-10,15,21H,11-14H2,1-6H3,(H,24,27). The summed E-state index contributed by atoms with van der Waals surface area (Å²) in [6.45, 7) is 13.9. The molecule has 4 nitrogen and oxygen atoms in total. The van der Waals surface area contributed by atoms with Gasteiger partial charge in [0, 0.05) is 17.8 Å². The zero-order chi connectivity index (χ0) is 19.8. The van der Waals surface area contributed by atoms with Crippen LogP contribution in [0.4, 0.5) is 0 Å². The van der Waals surface area contributed by atoms with Crippen molar-refractivity contribution in [2.75, 3.05) is 0 Å². The van der Waals surface area contributed by atoms with Gasteiger partial charge in [-0.3, -0.25) is 9.48 Å². The van der Waals surface area contributed by atoms with Gasteiger partial charge in [-0.25, -0.2) is 0 Å². The van der Waals surface area contributed by atoms with Crippen LogP contribution in [0.5, 0.6) is 0 Å². The van der Waals surface area contributed by atoms with Crippen LogP contribution in [0.1, 0.15) is 74.7 Å². The Labute approximate surface area is 163 Å². The number of hydrogen-bond acceptors (Lipinski definition) is 2. The van der Waals surface area contributed by atoms with Crippen LogP contribution in [-0.2, 0) is 23.2 Å². The van der Waals surface area contributed by atoms with Gasteiger partial charge in [0.1, 0.15) is 0 Å². The highest BCUT2D eigenvalue weighted by Gasteiger charge is 2.33. The van der Waals surface area contributed by atoms with E-state index in [1.165, 1.54) is 11.1 Å². The van der Waals surface area contributed by atoms with E-state index in [2.05, 4.69) is 69.3 Å². The zero-order valence-corrected chi connectivity index (χ0v) is 17.6. The van der Waals surface area contributed by atoms with Gasteiger partial charge in [0.25, 0.3) is 0 Å². The third-order valence-corrected chi connectivity index (χ3v) is 5.87. The minimum Gasteiger partial charge on any atom is -0.349 e. The van der Waals surface area contributed by atoms with E-state index in [9.17, 15) is 4.79 Å². The van der Waals surface area contributed by atoms with Gasteiger partial charge in [0.15, 0.2) is 0 Å². The molecular formula is C23H33N3O. The van der Waals surface area contributed by atoms with Crippen molar-refractivity contribution in [2.24, 2.45) is 5.92 Å². The van der Waals surface area contributed by atoms with E-state index in [1.807, 2.05) is 11.6 Å². The van der Waals surface area contributed by atoms with Crippen LogP contribution in [0.2, 0.25) is 0 Å². The molecule has 27 heavy (non-hydrogen) atoms. The molecule has 1 amide bonds. The van der Waals surface area contributed by atoms with Gasteiger partial charge in [-0.05, 0) is 49.1 Å². The van der Waals surface area contributed by atoms with Gasteiger partial charge >= 0.3 is 0 Å². The fraction of sp³-hybridized carbons (Fsp3) is 0.565. The lowest BCUT2D eigenvalue weighted by Crippen LogP contribution is -2.36. The van der Waals surface area contributed by atoms with Crippen LogP contribution < -0.4 is 5.32 Å². The molecule has 146 valence electrons. The Balaban J connectivity index is 1.75. The number of rotatable bonds is 5. The van der Waals surface area contributed by atoms with Gasteiger partial charge in [-0.2, -0.15) is 5.10 Å². The number of aromatic nitrogens is 2. The van der Waals surface area contributed by atoms with E-state index < -0.39 is 0 Å². The monoisotopic (exact) mass is 367 g/mol. The Hall–Kier alpha value is -2.10. The maximum absolute atomic E-state index is 12.8. The lowest BCUT2D eigenvalue weighted by Gasteiger charge is -2.37. The molecule has 1 aliphatic carbocycles. The number of nitrogens with zero attached hydrogens (tertiary/aromatic N) is 2. The first-order valence-corrected chi connectivity index (χ1v) is 10.1. The minimum absolute atomic E-state index is 0.0878. The summed E-state index contributed by atoms with van der Waals surface area (Å²) in [6, 6.07) is 8.65. The molecule has 1 heterocycles. The van der Waals surface area contributed by atoms with Gasteiger partial charge in [0.2, 0.25) is 5.91 Å². The highest BCUT2D eigenvalue weighted by Crippen LogP contribution is 2.41. The smallest absolute Gasteiger partial charge is 0.225 e. The van der Waals surface area contributed by atoms with E-state index in [1.54, 1.807) is 0 Å². The first-order chi connectivity index (χ1) is 12.7. The number of fused-ring (bicyclic) bond motifs is 1. The highest BCUT2D eigenvalue weighted by atomic mass is 16.1. The molecule has 1 aromatic heterocycles. The van der Waals surface area contributed by atoms with Crippen molar-refractivity contribution < 1.29 is 4.79 Å². The number of carbonyl (C=O) groups excluding carboxylic acids is 1. The van der Waals surface area contributed by atoms with Crippen molar-refractivity contribution in [1.82, 2.24) is 15.1 Å². The second kappa shape index (κ2) is 7.49. The summed E-state index contributed by atoms with van der Waals surface area (Å²) in [6.07, 6.45) is 2.47. The summed E-state index contributed by atoms with van der Waals surface area (Å²) in [5.74, 6) is 0.622. The number of hydrogen-bond donors (Lipinski definition) is 1. The molecule has 0 saturated carbocycles. The molecule has 3 rings (SSSR count). The molecule has 1 N–H and O–H groups in total. The molecule has 0 saturated heterocycles. The molecule has 1 aliphatic rings. The zero-order valence-electron chi connectivity index (χ0n) is 17.6. The second-order valence-electron chi connectivity index (χ2n) is 9.03. The Morgan fingerprint density at radius 1 is 1.30 bits per heavy atom. The third kappa shape index (κ3) is 4.10. The van der Waals surface area contributed by atoms with E-state index in [-0.39, 0.29) is 17.4 Å². The molecule has 0 radical (unpaired) electrons. The Kier molecular flexibility index (Phi) is 5.45. The fourth-order valence-electron chi connectivity index (χ4n) is 4.28. The van der Waals surface area contributed by atoms with Crippen LogP contribution in [-0.4, -0.2) is 15.7 Å². The number of benzene rings is 1. The third-order valence-electron chi connectivity index (χ3n) is 5.87. The maximum atomic E-state index is 12.8. The summed E-state index contributed by atoms with van der Waals surface area (Å²) >= 11 is 0. The Morgan fingerprint density at radius 3 is 2.70 bits per heavy atom. The van der Waals surface area contributed by atoms with E-state index in [4.69, 9.17) is 0 Å². The molecule has 2 aromatic rings. The highest BCUT2D eigenvalue weighted by molar-refractivity contribution is 5.79. The van der Waals surface area contributed by atoms with Crippen LogP contribution in [0.3, 0.4) is 0 Å². The van der Waals surface area contributed by atoms with E-state index >= 15 is 0 Å². The van der Waals surface area contributed by atoms with Crippen molar-refractivity contribution >= 4 is 5.91 Å². The van der Waals surface area contributed by atoms with Crippen LogP contribution in [0.15, 0.2) is 24.3 Å². The quantitative estimate of drug-likeness (QED) is 0.838. The maximum Gasteiger partial charge on any atom is 0.225 e. The van der Waals surface area contributed by atoms with Crippen molar-refractivity contribution in [2.45, 2.75) is 78.8 Å². The van der Waals surface area contributed by atoms with Gasteiger partial charge in [0.05, 0.1) is 18.2 Å². The fourth-order valence-corrected chi connectivity index (χ4v) is 4.28. The molecule has 0 spiro atoms. The van der Waals surface area contributed by atoms with Gasteiger partial charge < -0.3 is 5.32 Å². The lowest BCUT2D eigenvalue weighted by atomic mass is 9.71. The molecule has 4 heteroatoms. The topological polar surface area (TPSA) is 46.9 Å². The summed E-state index contributed by atoms with van der Waals surface area (Å²) in [4.78, 5) is 12.8. The SMILES string of the molecule is Cc1nn(CC(C)C)c(C)c1CC(=O)NC1CCC(C)(C)c2ccccc21. The number of amides is 1. The van der Waals surface area contributed by atoms with Crippen molar-refractivity contribution in [1.29, 1.82) is 0 Å². The minimum atomic E-state index is 0.0878. The summed E-state index contributed by atoms with van der Waals surface area (Å²) < 4.78 is 2.04. The van der Waals surface area contributed by atoms with Crippen molar-refractivity contribution in [3.63, 3.8) is 0 Å². The number of aryl methyl sites for hydroxylation is 1. The molecular weight excluding hydrogens is 334 g/mol. The summed E-state index contributed by atoms with van der Waals surface area (Å²) in [5, 5.41) is 7.93. The lowest BCUT2D eigenvalue weighted by molar-refractivity contribution is -0.121. The van der Waals surface area contributed by atoms with Crippen LogP contribution in [0, 0.1) is 19.8 Å². The largest absolute Gasteiger partial charge is 0.349 e. The van der Waals surface area contributed by atoms with Crippen LogP contribution >= 0.6 is 0 Å². The molecule has 0 fully saturated rings. The molecule has 0 aliphatic heterocycles. The molecule has 1 aromatic carbocycles. The average molecular weight is 368 g/mol. The number of carbonyl (C=O) groups is 1. The predicted molar refractivity (Wildman–Crippen MR) is 110 cm³/mol. The van der Waals surface area contributed by atoms with Crippen molar-refractivity contribution in [3.8, 4) is 0 Å². The van der Waals surface area contributed by atoms with E-state index in [0.29, 0.717) is 12.3 Å². The Morgan fingerprint density at radius 2 is 2.00 bits per heavy atom. The first-order valence-electron chi connectivity index (χ1n) is 10.1. The normalized spacial score (nSPS) is 18.4. The van der Waals surface area contributed by atoms with Crippen LogP contribution in [0.25, 0.3) is 0 Å². The predicted octanol–water partition coefficient (Wildman–Crippen LogP) is 4.63.